The predicted octanol–water partition coefficient (Wildman–Crippen LogP) is 3.92. The highest BCUT2D eigenvalue weighted by molar-refractivity contribution is 5.82. The van der Waals surface area contributed by atoms with Gasteiger partial charge in [0.15, 0.2) is 0 Å². The first-order valence-electron chi connectivity index (χ1n) is 11.5. The lowest BCUT2D eigenvalue weighted by molar-refractivity contribution is -0.137. The van der Waals surface area contributed by atoms with Crippen LogP contribution in [0.2, 0.25) is 0 Å². The number of aliphatic carboxylic acids is 1. The molecule has 0 radical (unpaired) electrons. The van der Waals surface area contributed by atoms with E-state index >= 15 is 0 Å². The molecule has 0 aliphatic heterocycles. The Bertz CT molecular complexity index is 991. The van der Waals surface area contributed by atoms with Crippen LogP contribution < -0.4 is 10.6 Å². The lowest BCUT2D eigenvalue weighted by Crippen LogP contribution is -2.35. The maximum absolute atomic E-state index is 12.3. The normalized spacial score (nSPS) is 19.2. The first kappa shape index (κ1) is 22.8. The molecule has 2 aromatic rings. The minimum absolute atomic E-state index is 0.0187. The van der Waals surface area contributed by atoms with Gasteiger partial charge in [-0.3, -0.25) is 9.59 Å². The van der Waals surface area contributed by atoms with E-state index in [0.29, 0.717) is 19.4 Å². The highest BCUT2D eigenvalue weighted by Crippen LogP contribution is 2.44. The average molecular weight is 451 g/mol. The van der Waals surface area contributed by atoms with Gasteiger partial charge in [-0.1, -0.05) is 48.5 Å². The number of benzene rings is 2. The smallest absolute Gasteiger partial charge is 0.407 e. The summed E-state index contributed by atoms with van der Waals surface area (Å²) in [5.41, 5.74) is 4.71. The van der Waals surface area contributed by atoms with Crippen LogP contribution in [0.1, 0.15) is 49.7 Å². The third kappa shape index (κ3) is 5.53. The molecule has 0 spiro atoms. The highest BCUT2D eigenvalue weighted by atomic mass is 16.5. The van der Waals surface area contributed by atoms with Gasteiger partial charge in [0.05, 0.1) is 0 Å². The molecule has 7 nitrogen and oxygen atoms in total. The van der Waals surface area contributed by atoms with Crippen molar-refractivity contribution in [1.82, 2.24) is 10.6 Å². The molecular formula is C26H30N2O5. The average Bonchev–Trinajstić information content (AvgIpc) is 3.51. The van der Waals surface area contributed by atoms with E-state index in [4.69, 9.17) is 9.84 Å². The Kier molecular flexibility index (Phi) is 6.96. The van der Waals surface area contributed by atoms with Crippen molar-refractivity contribution < 1.29 is 24.2 Å². The molecule has 33 heavy (non-hydrogen) atoms. The van der Waals surface area contributed by atoms with Crippen LogP contribution in [-0.2, 0) is 14.3 Å². The second kappa shape index (κ2) is 10.1. The molecule has 2 aliphatic rings. The summed E-state index contributed by atoms with van der Waals surface area (Å²) < 4.78 is 5.54. The zero-order valence-corrected chi connectivity index (χ0v) is 18.8. The number of hydrogen-bond acceptors (Lipinski definition) is 4. The molecule has 1 fully saturated rings. The van der Waals surface area contributed by atoms with Crippen molar-refractivity contribution in [3.8, 4) is 11.1 Å². The van der Waals surface area contributed by atoms with E-state index in [2.05, 4.69) is 34.9 Å². The molecule has 2 aliphatic carbocycles. The van der Waals surface area contributed by atoms with Gasteiger partial charge in [-0.05, 0) is 54.4 Å². The molecule has 3 atom stereocenters. The summed E-state index contributed by atoms with van der Waals surface area (Å²) in [5.74, 6) is -0.838. The van der Waals surface area contributed by atoms with E-state index in [1.807, 2.05) is 31.2 Å². The van der Waals surface area contributed by atoms with Gasteiger partial charge in [0.2, 0.25) is 5.91 Å². The van der Waals surface area contributed by atoms with Crippen molar-refractivity contribution in [2.24, 2.45) is 11.8 Å². The summed E-state index contributed by atoms with van der Waals surface area (Å²) in [4.78, 5) is 35.2. The van der Waals surface area contributed by atoms with Crippen LogP contribution in [0, 0.1) is 11.8 Å². The number of fused-ring (bicyclic) bond motifs is 3. The van der Waals surface area contributed by atoms with Gasteiger partial charge in [0, 0.05) is 30.8 Å². The second-order valence-corrected chi connectivity index (χ2v) is 9.00. The third-order valence-electron chi connectivity index (χ3n) is 6.53. The maximum atomic E-state index is 12.3. The van der Waals surface area contributed by atoms with Crippen LogP contribution in [0.5, 0.6) is 0 Å². The molecule has 3 unspecified atom stereocenters. The van der Waals surface area contributed by atoms with Crippen molar-refractivity contribution in [3.05, 3.63) is 59.7 Å². The van der Waals surface area contributed by atoms with Gasteiger partial charge in [-0.25, -0.2) is 4.79 Å². The molecule has 4 rings (SSSR count). The van der Waals surface area contributed by atoms with Crippen molar-refractivity contribution in [3.63, 3.8) is 0 Å². The Hall–Kier alpha value is -3.35. The summed E-state index contributed by atoms with van der Waals surface area (Å²) in [7, 11) is 0. The SMILES string of the molecule is CC(CCCC(=O)O)NC(=O)C1CC1CNC(=O)OCC1c2ccccc2-c2ccccc21. The van der Waals surface area contributed by atoms with Gasteiger partial charge < -0.3 is 20.5 Å². The van der Waals surface area contributed by atoms with Crippen LogP contribution in [-0.4, -0.2) is 42.3 Å². The zero-order valence-electron chi connectivity index (χ0n) is 18.8. The fourth-order valence-electron chi connectivity index (χ4n) is 4.64. The van der Waals surface area contributed by atoms with Crippen molar-refractivity contribution in [2.75, 3.05) is 13.2 Å². The summed E-state index contributed by atoms with van der Waals surface area (Å²) in [6, 6.07) is 16.3. The molecule has 0 heterocycles. The van der Waals surface area contributed by atoms with Crippen molar-refractivity contribution >= 4 is 18.0 Å². The molecule has 174 valence electrons. The Morgan fingerprint density at radius 1 is 1.06 bits per heavy atom. The predicted molar refractivity (Wildman–Crippen MR) is 124 cm³/mol. The quantitative estimate of drug-likeness (QED) is 0.509. The monoisotopic (exact) mass is 450 g/mol. The number of alkyl carbamates (subject to hydrolysis) is 1. The fourth-order valence-corrected chi connectivity index (χ4v) is 4.64. The summed E-state index contributed by atoms with van der Waals surface area (Å²) in [6.07, 6.45) is 1.54. The lowest BCUT2D eigenvalue weighted by atomic mass is 9.98. The first-order valence-corrected chi connectivity index (χ1v) is 11.5. The Labute approximate surface area is 193 Å². The molecule has 2 amide bonds. The maximum Gasteiger partial charge on any atom is 0.407 e. The Morgan fingerprint density at radius 3 is 2.33 bits per heavy atom. The molecule has 0 bridgehead atoms. The minimum Gasteiger partial charge on any atom is -0.481 e. The number of carbonyl (C=O) groups excluding carboxylic acids is 2. The molecular weight excluding hydrogens is 420 g/mol. The highest BCUT2D eigenvalue weighted by Gasteiger charge is 2.43. The molecule has 1 saturated carbocycles. The number of carboxylic acids is 1. The molecule has 7 heteroatoms. The standard InChI is InChI=1S/C26H30N2O5/c1-16(7-6-12-24(29)30)28-25(31)22-13-17(22)14-27-26(32)33-15-23-20-10-4-2-8-18(20)19-9-3-5-11-21(19)23/h2-5,8-11,16-17,22-23H,6-7,12-15H2,1H3,(H,27,32)(H,28,31)(H,29,30). The fraction of sp³-hybridized carbons (Fsp3) is 0.423. The number of hydrogen-bond donors (Lipinski definition) is 3. The summed E-state index contributed by atoms with van der Waals surface area (Å²) in [5, 5.41) is 14.4. The van der Waals surface area contributed by atoms with Crippen molar-refractivity contribution in [2.45, 2.75) is 44.6 Å². The van der Waals surface area contributed by atoms with E-state index in [9.17, 15) is 14.4 Å². The lowest BCUT2D eigenvalue weighted by Gasteiger charge is -2.15. The summed E-state index contributed by atoms with van der Waals surface area (Å²) >= 11 is 0. The molecule has 3 N–H and O–H groups in total. The van der Waals surface area contributed by atoms with E-state index in [-0.39, 0.29) is 42.7 Å². The van der Waals surface area contributed by atoms with Crippen LogP contribution in [0.3, 0.4) is 0 Å². The van der Waals surface area contributed by atoms with Gasteiger partial charge in [0.25, 0.3) is 0 Å². The van der Waals surface area contributed by atoms with Crippen LogP contribution in [0.4, 0.5) is 4.79 Å². The first-order chi connectivity index (χ1) is 15.9. The second-order valence-electron chi connectivity index (χ2n) is 9.00. The number of carboxylic acid groups (broad SMARTS) is 1. The minimum atomic E-state index is -0.824. The van der Waals surface area contributed by atoms with E-state index in [1.165, 1.54) is 22.3 Å². The van der Waals surface area contributed by atoms with Gasteiger partial charge in [-0.15, -0.1) is 0 Å². The topological polar surface area (TPSA) is 105 Å². The zero-order chi connectivity index (χ0) is 23.4. The molecule has 2 aromatic carbocycles. The number of rotatable bonds is 10. The van der Waals surface area contributed by atoms with E-state index in [1.54, 1.807) is 0 Å². The van der Waals surface area contributed by atoms with Crippen molar-refractivity contribution in [1.29, 1.82) is 0 Å². The van der Waals surface area contributed by atoms with Gasteiger partial charge in [-0.2, -0.15) is 0 Å². The van der Waals surface area contributed by atoms with Crippen LogP contribution >= 0.6 is 0 Å². The molecule has 0 saturated heterocycles. The van der Waals surface area contributed by atoms with E-state index in [0.717, 1.165) is 6.42 Å². The third-order valence-corrected chi connectivity index (χ3v) is 6.53. The largest absolute Gasteiger partial charge is 0.481 e. The number of carbonyl (C=O) groups is 3. The Balaban J connectivity index is 1.19. The Morgan fingerprint density at radius 2 is 1.70 bits per heavy atom. The number of nitrogens with one attached hydrogen (secondary N) is 2. The number of amides is 2. The van der Waals surface area contributed by atoms with Crippen LogP contribution in [0.25, 0.3) is 11.1 Å². The number of ether oxygens (including phenoxy) is 1. The van der Waals surface area contributed by atoms with Gasteiger partial charge in [0.1, 0.15) is 6.61 Å². The van der Waals surface area contributed by atoms with E-state index < -0.39 is 12.1 Å². The van der Waals surface area contributed by atoms with Gasteiger partial charge >= 0.3 is 12.1 Å². The summed E-state index contributed by atoms with van der Waals surface area (Å²) in [6.45, 7) is 2.55. The molecule has 0 aromatic heterocycles. The van der Waals surface area contributed by atoms with Crippen LogP contribution in [0.15, 0.2) is 48.5 Å².